The molecule has 158 valence electrons. The van der Waals surface area contributed by atoms with Gasteiger partial charge in [-0.15, -0.1) is 0 Å². The molecule has 0 aliphatic carbocycles. The number of benzene rings is 1. The minimum atomic E-state index is -0.00205. The number of amidine groups is 1. The van der Waals surface area contributed by atoms with E-state index in [1.165, 1.54) is 30.5 Å². The summed E-state index contributed by atoms with van der Waals surface area (Å²) in [6.07, 6.45) is 6.87. The molecule has 2 aromatic rings. The van der Waals surface area contributed by atoms with Crippen LogP contribution in [-0.2, 0) is 0 Å². The van der Waals surface area contributed by atoms with Crippen molar-refractivity contribution in [3.63, 3.8) is 0 Å². The monoisotopic (exact) mass is 422 g/mol. The standard InChI is InChI=1S/C24H30N4OS/c1-3-17-16-30-24-26-22(20-9-5-6-12-25-20)23(28(17)24)19-11-10-18(15-21(19)29-2)27-13-7-4-8-14-27/h5-6,9-12,15,17,22-23H,3-4,7-8,13-14,16H2,1-2H3/t17-,22-,23-/m1/s1. The zero-order valence-electron chi connectivity index (χ0n) is 17.8. The summed E-state index contributed by atoms with van der Waals surface area (Å²) in [5.74, 6) is 2.07. The fourth-order valence-electron chi connectivity index (χ4n) is 4.98. The summed E-state index contributed by atoms with van der Waals surface area (Å²) in [5, 5.41) is 1.16. The molecule has 6 heteroatoms. The number of piperidine rings is 1. The van der Waals surface area contributed by atoms with E-state index in [9.17, 15) is 0 Å². The first-order valence-electron chi connectivity index (χ1n) is 11.1. The summed E-state index contributed by atoms with van der Waals surface area (Å²) < 4.78 is 5.96. The molecule has 0 saturated carbocycles. The van der Waals surface area contributed by atoms with Gasteiger partial charge in [-0.25, -0.2) is 0 Å². The van der Waals surface area contributed by atoms with Crippen LogP contribution in [0.1, 0.15) is 55.9 Å². The van der Waals surface area contributed by atoms with Gasteiger partial charge < -0.3 is 14.5 Å². The molecule has 0 bridgehead atoms. The maximum absolute atomic E-state index is 5.96. The molecule has 0 radical (unpaired) electrons. The van der Waals surface area contributed by atoms with Crippen molar-refractivity contribution in [3.8, 4) is 5.75 Å². The largest absolute Gasteiger partial charge is 0.496 e. The maximum Gasteiger partial charge on any atom is 0.160 e. The summed E-state index contributed by atoms with van der Waals surface area (Å²) in [6, 6.07) is 13.5. The Morgan fingerprint density at radius 2 is 2.00 bits per heavy atom. The highest BCUT2D eigenvalue weighted by Crippen LogP contribution is 2.50. The van der Waals surface area contributed by atoms with Crippen LogP contribution in [0.5, 0.6) is 5.75 Å². The number of hydrogen-bond donors (Lipinski definition) is 0. The molecule has 3 atom stereocenters. The Morgan fingerprint density at radius 3 is 2.73 bits per heavy atom. The minimum Gasteiger partial charge on any atom is -0.496 e. The second-order valence-corrected chi connectivity index (χ2v) is 9.30. The summed E-state index contributed by atoms with van der Waals surface area (Å²) in [4.78, 5) is 14.8. The average molecular weight is 423 g/mol. The number of nitrogens with zero attached hydrogens (tertiary/aromatic N) is 4. The lowest BCUT2D eigenvalue weighted by atomic mass is 9.94. The lowest BCUT2D eigenvalue weighted by molar-refractivity contribution is 0.249. The first-order chi connectivity index (χ1) is 14.8. The smallest absolute Gasteiger partial charge is 0.160 e. The van der Waals surface area contributed by atoms with Crippen LogP contribution in [-0.4, -0.2) is 47.0 Å². The van der Waals surface area contributed by atoms with Crippen molar-refractivity contribution < 1.29 is 4.74 Å². The number of thioether (sulfide) groups is 1. The van der Waals surface area contributed by atoms with E-state index < -0.39 is 0 Å². The van der Waals surface area contributed by atoms with E-state index in [2.05, 4.69) is 52.0 Å². The molecule has 2 fully saturated rings. The molecule has 5 rings (SSSR count). The molecule has 1 aromatic carbocycles. The quantitative estimate of drug-likeness (QED) is 0.674. The predicted molar refractivity (Wildman–Crippen MR) is 125 cm³/mol. The van der Waals surface area contributed by atoms with Gasteiger partial charge in [0.15, 0.2) is 5.17 Å². The second kappa shape index (κ2) is 8.50. The third-order valence-electron chi connectivity index (χ3n) is 6.59. The number of ether oxygens (including phenoxy) is 1. The number of methoxy groups -OCH3 is 1. The van der Waals surface area contributed by atoms with E-state index in [1.807, 2.05) is 24.0 Å². The van der Waals surface area contributed by atoms with Crippen LogP contribution in [0, 0.1) is 0 Å². The Bertz CT molecular complexity index is 913. The first-order valence-corrected chi connectivity index (χ1v) is 12.1. The van der Waals surface area contributed by atoms with Gasteiger partial charge in [-0.1, -0.05) is 30.8 Å². The Kier molecular flexibility index (Phi) is 5.59. The van der Waals surface area contributed by atoms with Crippen LogP contribution in [0.25, 0.3) is 0 Å². The van der Waals surface area contributed by atoms with Gasteiger partial charge in [0.05, 0.1) is 18.8 Å². The lowest BCUT2D eigenvalue weighted by Gasteiger charge is -2.34. The van der Waals surface area contributed by atoms with Gasteiger partial charge in [-0.3, -0.25) is 9.98 Å². The molecule has 0 unspecified atom stereocenters. The van der Waals surface area contributed by atoms with Crippen molar-refractivity contribution in [1.29, 1.82) is 0 Å². The van der Waals surface area contributed by atoms with Crippen molar-refractivity contribution in [1.82, 2.24) is 9.88 Å². The van der Waals surface area contributed by atoms with Crippen molar-refractivity contribution in [2.45, 2.75) is 50.7 Å². The molecule has 5 nitrogen and oxygen atoms in total. The number of fused-ring (bicyclic) bond motifs is 1. The van der Waals surface area contributed by atoms with Crippen molar-refractivity contribution >= 4 is 22.6 Å². The lowest BCUT2D eigenvalue weighted by Crippen LogP contribution is -2.35. The number of anilines is 1. The van der Waals surface area contributed by atoms with Crippen LogP contribution in [0.2, 0.25) is 0 Å². The fraction of sp³-hybridized carbons (Fsp3) is 0.500. The summed E-state index contributed by atoms with van der Waals surface area (Å²) in [6.45, 7) is 4.54. The zero-order valence-corrected chi connectivity index (χ0v) is 18.6. The maximum atomic E-state index is 5.96. The van der Waals surface area contributed by atoms with Gasteiger partial charge in [0.25, 0.3) is 0 Å². The molecule has 0 amide bonds. The van der Waals surface area contributed by atoms with E-state index in [0.29, 0.717) is 6.04 Å². The van der Waals surface area contributed by atoms with E-state index >= 15 is 0 Å². The highest BCUT2D eigenvalue weighted by atomic mass is 32.2. The normalized spacial score (nSPS) is 25.9. The topological polar surface area (TPSA) is 41.0 Å². The number of hydrogen-bond acceptors (Lipinski definition) is 6. The van der Waals surface area contributed by atoms with Crippen LogP contribution in [0.15, 0.2) is 47.6 Å². The van der Waals surface area contributed by atoms with Crippen LogP contribution in [0.4, 0.5) is 5.69 Å². The van der Waals surface area contributed by atoms with Gasteiger partial charge in [-0.2, -0.15) is 0 Å². The van der Waals surface area contributed by atoms with Crippen molar-refractivity contribution in [3.05, 3.63) is 53.9 Å². The summed E-state index contributed by atoms with van der Waals surface area (Å²) in [5.41, 5.74) is 3.52. The molecule has 3 aliphatic rings. The molecule has 1 aromatic heterocycles. The first kappa shape index (κ1) is 19.7. The number of pyridine rings is 1. The van der Waals surface area contributed by atoms with Gasteiger partial charge in [-0.05, 0) is 43.9 Å². The highest BCUT2D eigenvalue weighted by molar-refractivity contribution is 8.14. The van der Waals surface area contributed by atoms with Gasteiger partial charge in [0.1, 0.15) is 11.8 Å². The molecule has 2 saturated heterocycles. The average Bonchev–Trinajstić information content (AvgIpc) is 3.39. The minimum absolute atomic E-state index is 0.00205. The molecule has 0 spiro atoms. The Morgan fingerprint density at radius 1 is 1.13 bits per heavy atom. The predicted octanol–water partition coefficient (Wildman–Crippen LogP) is 5.06. The van der Waals surface area contributed by atoms with Crippen LogP contribution >= 0.6 is 11.8 Å². The van der Waals surface area contributed by atoms with Crippen molar-refractivity contribution in [2.24, 2.45) is 4.99 Å². The van der Waals surface area contributed by atoms with Crippen LogP contribution < -0.4 is 9.64 Å². The summed E-state index contributed by atoms with van der Waals surface area (Å²) >= 11 is 1.88. The van der Waals surface area contributed by atoms with Crippen molar-refractivity contribution in [2.75, 3.05) is 30.9 Å². The Labute approximate surface area is 183 Å². The Balaban J connectivity index is 1.55. The molecular weight excluding hydrogens is 392 g/mol. The SMILES string of the molecule is CC[C@@H]1CSC2=N[C@H](c3ccccn3)[C@@H](c3ccc(N4CCCCC4)cc3OC)N21. The van der Waals surface area contributed by atoms with E-state index in [-0.39, 0.29) is 12.1 Å². The molecular formula is C24H30N4OS. The Hall–Kier alpha value is -2.21. The second-order valence-electron chi connectivity index (χ2n) is 8.31. The molecule has 4 heterocycles. The van der Waals surface area contributed by atoms with Crippen LogP contribution in [0.3, 0.4) is 0 Å². The molecule has 0 N–H and O–H groups in total. The third kappa shape index (κ3) is 3.45. The fourth-order valence-corrected chi connectivity index (χ4v) is 6.32. The highest BCUT2D eigenvalue weighted by Gasteiger charge is 2.46. The third-order valence-corrected chi connectivity index (χ3v) is 7.71. The van der Waals surface area contributed by atoms with Gasteiger partial charge in [0.2, 0.25) is 0 Å². The van der Waals surface area contributed by atoms with Gasteiger partial charge >= 0.3 is 0 Å². The molecule has 3 aliphatic heterocycles. The van der Waals surface area contributed by atoms with E-state index in [1.54, 1.807) is 7.11 Å². The number of aromatic nitrogens is 1. The molecule has 30 heavy (non-hydrogen) atoms. The van der Waals surface area contributed by atoms with E-state index in [0.717, 1.165) is 41.9 Å². The van der Waals surface area contributed by atoms with E-state index in [4.69, 9.17) is 9.73 Å². The summed E-state index contributed by atoms with van der Waals surface area (Å²) in [7, 11) is 1.79. The zero-order chi connectivity index (χ0) is 20.5. The number of aliphatic imine (C=N–C) groups is 1. The number of rotatable bonds is 5. The van der Waals surface area contributed by atoms with Gasteiger partial charge in [0, 0.05) is 48.4 Å².